The zero-order chi connectivity index (χ0) is 13.5. The largest absolute Gasteiger partial charge is 0.494 e. The maximum absolute atomic E-state index is 9.25. The smallest absolute Gasteiger partial charge is 0.119 e. The lowest BCUT2D eigenvalue weighted by atomic mass is 10.1. The summed E-state index contributed by atoms with van der Waals surface area (Å²) in [6.45, 7) is 0.935. The van der Waals surface area contributed by atoms with E-state index >= 15 is 0 Å². The van der Waals surface area contributed by atoms with Crippen LogP contribution in [0.15, 0.2) is 24.3 Å². The molecule has 0 spiro atoms. The van der Waals surface area contributed by atoms with Gasteiger partial charge in [-0.1, -0.05) is 12.1 Å². The summed E-state index contributed by atoms with van der Waals surface area (Å²) in [5.41, 5.74) is 1.11. The van der Waals surface area contributed by atoms with Gasteiger partial charge >= 0.3 is 0 Å². The van der Waals surface area contributed by atoms with E-state index in [2.05, 4.69) is 5.32 Å². The Hall–Kier alpha value is -1.10. The zero-order valence-electron chi connectivity index (χ0n) is 11.2. The number of aliphatic hydroxyl groups is 2. The van der Waals surface area contributed by atoms with Gasteiger partial charge in [0.05, 0.1) is 13.2 Å². The Morgan fingerprint density at radius 3 is 2.53 bits per heavy atom. The molecule has 1 aliphatic rings. The number of benzene rings is 1. The highest BCUT2D eigenvalue weighted by Gasteiger charge is 2.23. The van der Waals surface area contributed by atoms with Crippen molar-refractivity contribution >= 4 is 0 Å². The summed E-state index contributed by atoms with van der Waals surface area (Å²) in [5.74, 6) is 0.838. The Balaban J connectivity index is 1.68. The highest BCUT2D eigenvalue weighted by Crippen LogP contribution is 2.20. The molecule has 2 rings (SSSR count). The third-order valence-electron chi connectivity index (χ3n) is 3.33. The van der Waals surface area contributed by atoms with Gasteiger partial charge in [0.1, 0.15) is 5.75 Å². The minimum Gasteiger partial charge on any atom is -0.494 e. The first-order valence-electron chi connectivity index (χ1n) is 7.01. The first-order chi connectivity index (χ1) is 9.31. The van der Waals surface area contributed by atoms with E-state index in [4.69, 9.17) is 9.84 Å². The summed E-state index contributed by atoms with van der Waals surface area (Å²) < 4.78 is 5.66. The van der Waals surface area contributed by atoms with Gasteiger partial charge in [-0.3, -0.25) is 0 Å². The Morgan fingerprint density at radius 1 is 1.21 bits per heavy atom. The molecule has 1 aromatic carbocycles. The monoisotopic (exact) mass is 265 g/mol. The van der Waals surface area contributed by atoms with Crippen LogP contribution in [0.4, 0.5) is 0 Å². The molecule has 1 unspecified atom stereocenters. The van der Waals surface area contributed by atoms with Crippen LogP contribution < -0.4 is 10.1 Å². The molecule has 1 fully saturated rings. The van der Waals surface area contributed by atoms with Gasteiger partial charge < -0.3 is 20.3 Å². The van der Waals surface area contributed by atoms with E-state index in [1.54, 1.807) is 0 Å². The molecule has 0 aliphatic heterocycles. The fraction of sp³-hybridized carbons (Fsp3) is 0.600. The Morgan fingerprint density at radius 2 is 1.95 bits per heavy atom. The first kappa shape index (κ1) is 14.3. The second-order valence-corrected chi connectivity index (χ2v) is 5.08. The lowest BCUT2D eigenvalue weighted by Crippen LogP contribution is -2.35. The fourth-order valence-corrected chi connectivity index (χ4v) is 2.01. The molecule has 0 bridgehead atoms. The van der Waals surface area contributed by atoms with Crippen molar-refractivity contribution in [1.82, 2.24) is 5.32 Å². The van der Waals surface area contributed by atoms with E-state index in [0.717, 1.165) is 17.7 Å². The van der Waals surface area contributed by atoms with Gasteiger partial charge in [0.25, 0.3) is 0 Å². The molecule has 1 saturated carbocycles. The van der Waals surface area contributed by atoms with Crippen LogP contribution in [0.5, 0.6) is 5.75 Å². The van der Waals surface area contributed by atoms with Crippen LogP contribution in [0, 0.1) is 0 Å². The van der Waals surface area contributed by atoms with Gasteiger partial charge in [-0.05, 0) is 43.4 Å². The molecular weight excluding hydrogens is 242 g/mol. The third kappa shape index (κ3) is 5.19. The molecule has 0 radical (unpaired) electrons. The Labute approximate surface area is 114 Å². The van der Waals surface area contributed by atoms with E-state index < -0.39 is 0 Å². The first-order valence-corrected chi connectivity index (χ1v) is 7.01. The lowest BCUT2D eigenvalue weighted by molar-refractivity contribution is 0.207. The molecule has 0 aromatic heterocycles. The van der Waals surface area contributed by atoms with Gasteiger partial charge in [0.2, 0.25) is 0 Å². The van der Waals surface area contributed by atoms with E-state index in [1.165, 1.54) is 12.8 Å². The standard InChI is InChI=1S/C15H23NO3/c17-9-7-12-1-5-15(6-2-12)19-10-8-14(11-18)16-13-3-4-13/h1-2,5-6,13-14,16-18H,3-4,7-11H2. The van der Waals surface area contributed by atoms with Crippen LogP contribution in [-0.4, -0.2) is 42.1 Å². The average Bonchev–Trinajstić information content (AvgIpc) is 3.24. The van der Waals surface area contributed by atoms with Crippen molar-refractivity contribution in [3.8, 4) is 5.75 Å². The Bertz CT molecular complexity index is 362. The average molecular weight is 265 g/mol. The maximum atomic E-state index is 9.25. The van der Waals surface area contributed by atoms with E-state index in [9.17, 15) is 5.11 Å². The van der Waals surface area contributed by atoms with Crippen molar-refractivity contribution < 1.29 is 14.9 Å². The highest BCUT2D eigenvalue weighted by atomic mass is 16.5. The van der Waals surface area contributed by atoms with Crippen LogP contribution >= 0.6 is 0 Å². The number of hydrogen-bond acceptors (Lipinski definition) is 4. The molecule has 106 valence electrons. The van der Waals surface area contributed by atoms with Gasteiger partial charge in [-0.25, -0.2) is 0 Å². The predicted octanol–water partition coefficient (Wildman–Crippen LogP) is 1.10. The fourth-order valence-electron chi connectivity index (χ4n) is 2.01. The normalized spacial score (nSPS) is 16.3. The molecule has 1 atom stereocenters. The van der Waals surface area contributed by atoms with Gasteiger partial charge in [0, 0.05) is 18.7 Å². The molecule has 4 nitrogen and oxygen atoms in total. The summed E-state index contributed by atoms with van der Waals surface area (Å²) in [7, 11) is 0. The summed E-state index contributed by atoms with van der Waals surface area (Å²) in [5, 5.41) is 21.5. The zero-order valence-corrected chi connectivity index (χ0v) is 11.2. The molecule has 0 saturated heterocycles. The molecule has 3 N–H and O–H groups in total. The molecule has 0 amide bonds. The maximum Gasteiger partial charge on any atom is 0.119 e. The minimum absolute atomic E-state index is 0.140. The van der Waals surface area contributed by atoms with Crippen LogP contribution in [0.2, 0.25) is 0 Å². The van der Waals surface area contributed by atoms with Crippen molar-refractivity contribution in [3.05, 3.63) is 29.8 Å². The quantitative estimate of drug-likeness (QED) is 0.626. The lowest BCUT2D eigenvalue weighted by Gasteiger charge is -2.16. The molecule has 1 aliphatic carbocycles. The van der Waals surface area contributed by atoms with Crippen LogP contribution in [0.25, 0.3) is 0 Å². The molecule has 19 heavy (non-hydrogen) atoms. The van der Waals surface area contributed by atoms with Crippen molar-refractivity contribution in [2.24, 2.45) is 0 Å². The van der Waals surface area contributed by atoms with Crippen molar-refractivity contribution in [3.63, 3.8) is 0 Å². The van der Waals surface area contributed by atoms with Crippen LogP contribution in [-0.2, 0) is 6.42 Å². The SMILES string of the molecule is OCCc1ccc(OCCC(CO)NC2CC2)cc1. The second kappa shape index (κ2) is 7.48. The van der Waals surface area contributed by atoms with Crippen LogP contribution in [0.3, 0.4) is 0 Å². The van der Waals surface area contributed by atoms with Gasteiger partial charge in [0.15, 0.2) is 0 Å². The molecule has 1 aromatic rings. The number of ether oxygens (including phenoxy) is 1. The van der Waals surface area contributed by atoms with Crippen LogP contribution in [0.1, 0.15) is 24.8 Å². The second-order valence-electron chi connectivity index (χ2n) is 5.08. The number of hydrogen-bond donors (Lipinski definition) is 3. The molecule has 4 heteroatoms. The number of rotatable bonds is 9. The van der Waals surface area contributed by atoms with Gasteiger partial charge in [-0.2, -0.15) is 0 Å². The van der Waals surface area contributed by atoms with E-state index in [1.807, 2.05) is 24.3 Å². The number of aliphatic hydroxyl groups excluding tert-OH is 2. The van der Waals surface area contributed by atoms with Gasteiger partial charge in [-0.15, -0.1) is 0 Å². The van der Waals surface area contributed by atoms with E-state index in [0.29, 0.717) is 19.1 Å². The summed E-state index contributed by atoms with van der Waals surface area (Å²) >= 11 is 0. The third-order valence-corrected chi connectivity index (χ3v) is 3.33. The summed E-state index contributed by atoms with van der Waals surface area (Å²) in [6.07, 6.45) is 3.94. The summed E-state index contributed by atoms with van der Waals surface area (Å²) in [6, 6.07) is 8.53. The van der Waals surface area contributed by atoms with Crippen molar-refractivity contribution in [2.75, 3.05) is 19.8 Å². The van der Waals surface area contributed by atoms with Crippen molar-refractivity contribution in [2.45, 2.75) is 37.8 Å². The number of nitrogens with one attached hydrogen (secondary N) is 1. The Kier molecular flexibility index (Phi) is 5.63. The summed E-state index contributed by atoms with van der Waals surface area (Å²) in [4.78, 5) is 0. The topological polar surface area (TPSA) is 61.7 Å². The van der Waals surface area contributed by atoms with Crippen molar-refractivity contribution in [1.29, 1.82) is 0 Å². The predicted molar refractivity (Wildman–Crippen MR) is 74.4 cm³/mol. The van der Waals surface area contributed by atoms with E-state index in [-0.39, 0.29) is 19.3 Å². The molecule has 0 heterocycles. The minimum atomic E-state index is 0.140. The molecular formula is C15H23NO3. The highest BCUT2D eigenvalue weighted by molar-refractivity contribution is 5.27.